The lowest BCUT2D eigenvalue weighted by Crippen LogP contribution is -2.57. The van der Waals surface area contributed by atoms with Crippen LogP contribution in [0.25, 0.3) is 45.0 Å². The minimum absolute atomic E-state index is 0.0371. The first-order valence-electron chi connectivity index (χ1n) is 19.2. The Hall–Kier alpha value is -6.57. The number of H-pyrrole nitrogens is 2. The standard InChI is InChI=1S/C43H48N10O4/c1-6-7-16-37(54)52(25-29-17-21-31(22-18-29)33-12-8-10-14-35(33)40-44-48-49-45-40)38(27(2)3)42(55)53(39(28(4)5)43(56)57)26-30-19-23-32(24-20-30)34-13-9-11-15-36(34)41-46-50-51-47-41/h8-15,17-24,27-28,38-39H,6-7,16,25-26H2,1-5H3,(H,56,57)(H,44,45,48,49)(H,46,47,50,51)/t38-,39-/m0/s1. The normalized spacial score (nSPS) is 12.4. The summed E-state index contributed by atoms with van der Waals surface area (Å²) < 4.78 is 0. The zero-order chi connectivity index (χ0) is 40.5. The third kappa shape index (κ3) is 9.29. The van der Waals surface area contributed by atoms with Crippen LogP contribution in [0.4, 0.5) is 0 Å². The fraction of sp³-hybridized carbons (Fsp3) is 0.326. The number of nitrogens with zero attached hydrogens (tertiary/aromatic N) is 8. The van der Waals surface area contributed by atoms with Crippen molar-refractivity contribution in [3.63, 3.8) is 0 Å². The molecular formula is C43H48N10O4. The highest BCUT2D eigenvalue weighted by molar-refractivity contribution is 5.91. The highest BCUT2D eigenvalue weighted by Crippen LogP contribution is 2.32. The molecule has 294 valence electrons. The second-order valence-electron chi connectivity index (χ2n) is 14.8. The quantitative estimate of drug-likeness (QED) is 0.0867. The van der Waals surface area contributed by atoms with E-state index >= 15 is 4.79 Å². The molecule has 14 nitrogen and oxygen atoms in total. The summed E-state index contributed by atoms with van der Waals surface area (Å²) in [4.78, 5) is 45.2. The van der Waals surface area contributed by atoms with Crippen molar-refractivity contribution in [2.24, 2.45) is 11.8 Å². The Bertz CT molecular complexity index is 2240. The molecule has 0 radical (unpaired) electrons. The Balaban J connectivity index is 1.31. The molecule has 0 aliphatic carbocycles. The van der Waals surface area contributed by atoms with Gasteiger partial charge in [-0.3, -0.25) is 9.59 Å². The van der Waals surface area contributed by atoms with Crippen LogP contribution in [0.5, 0.6) is 0 Å². The number of aromatic amines is 2. The highest BCUT2D eigenvalue weighted by atomic mass is 16.4. The van der Waals surface area contributed by atoms with Gasteiger partial charge in [0.2, 0.25) is 23.5 Å². The molecule has 14 heteroatoms. The molecule has 6 aromatic rings. The summed E-state index contributed by atoms with van der Waals surface area (Å²) in [5, 5.41) is 39.6. The SMILES string of the molecule is CCCCC(=O)N(Cc1ccc(-c2ccccc2-c2nn[nH]n2)cc1)[C@H](C(=O)N(Cc1ccc(-c2ccccc2-c2nn[nH]n2)cc1)[C@H](C(=O)O)C(C)C)C(C)C. The topological polar surface area (TPSA) is 187 Å². The van der Waals surface area contributed by atoms with E-state index in [4.69, 9.17) is 0 Å². The van der Waals surface area contributed by atoms with Crippen molar-refractivity contribution in [1.82, 2.24) is 51.0 Å². The molecule has 3 N–H and O–H groups in total. The van der Waals surface area contributed by atoms with E-state index in [1.165, 1.54) is 4.90 Å². The second-order valence-corrected chi connectivity index (χ2v) is 14.8. The first kappa shape index (κ1) is 40.1. The maximum Gasteiger partial charge on any atom is 0.326 e. The number of aliphatic carboxylic acids is 1. The Kier molecular flexibility index (Phi) is 12.9. The zero-order valence-electron chi connectivity index (χ0n) is 32.8. The number of tetrazole rings is 2. The number of carbonyl (C=O) groups excluding carboxylic acids is 2. The number of aromatic nitrogens is 8. The van der Waals surface area contributed by atoms with Crippen LogP contribution in [0.3, 0.4) is 0 Å². The summed E-state index contributed by atoms with van der Waals surface area (Å²) in [5.41, 5.74) is 6.85. The van der Waals surface area contributed by atoms with Crippen molar-refractivity contribution in [2.45, 2.75) is 79.1 Å². The second kappa shape index (κ2) is 18.4. The summed E-state index contributed by atoms with van der Waals surface area (Å²) in [6.07, 6.45) is 1.74. The lowest BCUT2D eigenvalue weighted by atomic mass is 9.94. The largest absolute Gasteiger partial charge is 0.480 e. The molecule has 2 heterocycles. The van der Waals surface area contributed by atoms with Gasteiger partial charge in [0, 0.05) is 30.6 Å². The number of hydrogen-bond acceptors (Lipinski definition) is 9. The van der Waals surface area contributed by atoms with E-state index in [1.807, 2.05) is 118 Å². The van der Waals surface area contributed by atoms with Gasteiger partial charge >= 0.3 is 5.97 Å². The first-order valence-corrected chi connectivity index (χ1v) is 19.2. The van der Waals surface area contributed by atoms with E-state index in [-0.39, 0.29) is 31.3 Å². The third-order valence-corrected chi connectivity index (χ3v) is 10.1. The van der Waals surface area contributed by atoms with Gasteiger partial charge in [-0.05, 0) is 62.1 Å². The predicted octanol–water partition coefficient (Wildman–Crippen LogP) is 7.06. The first-order chi connectivity index (χ1) is 27.6. The van der Waals surface area contributed by atoms with E-state index < -0.39 is 29.9 Å². The van der Waals surface area contributed by atoms with Crippen LogP contribution in [-0.4, -0.2) is 86.0 Å². The van der Waals surface area contributed by atoms with Gasteiger partial charge in [0.25, 0.3) is 0 Å². The van der Waals surface area contributed by atoms with Crippen molar-refractivity contribution in [3.8, 4) is 45.0 Å². The maximum absolute atomic E-state index is 15.0. The van der Waals surface area contributed by atoms with Crippen LogP contribution >= 0.6 is 0 Å². The van der Waals surface area contributed by atoms with Crippen molar-refractivity contribution in [1.29, 1.82) is 0 Å². The van der Waals surface area contributed by atoms with E-state index in [0.717, 1.165) is 50.9 Å². The number of amides is 2. The molecule has 0 bridgehead atoms. The number of hydrogen-bond donors (Lipinski definition) is 3. The molecule has 0 saturated carbocycles. The Morgan fingerprint density at radius 1 is 0.614 bits per heavy atom. The smallest absolute Gasteiger partial charge is 0.326 e. The van der Waals surface area contributed by atoms with Crippen molar-refractivity contribution >= 4 is 17.8 Å². The van der Waals surface area contributed by atoms with Crippen LogP contribution in [0.1, 0.15) is 65.0 Å². The van der Waals surface area contributed by atoms with Crippen molar-refractivity contribution < 1.29 is 19.5 Å². The molecule has 0 aliphatic heterocycles. The van der Waals surface area contributed by atoms with E-state index in [1.54, 1.807) is 18.7 Å². The fourth-order valence-electron chi connectivity index (χ4n) is 7.24. The summed E-state index contributed by atoms with van der Waals surface area (Å²) in [7, 11) is 0. The van der Waals surface area contributed by atoms with Crippen LogP contribution < -0.4 is 0 Å². The summed E-state index contributed by atoms with van der Waals surface area (Å²) in [6.45, 7) is 9.62. The van der Waals surface area contributed by atoms with Gasteiger partial charge < -0.3 is 14.9 Å². The Morgan fingerprint density at radius 2 is 1.05 bits per heavy atom. The zero-order valence-corrected chi connectivity index (χ0v) is 32.8. The van der Waals surface area contributed by atoms with E-state index in [9.17, 15) is 14.7 Å². The number of rotatable bonds is 17. The summed E-state index contributed by atoms with van der Waals surface area (Å²) in [5.74, 6) is -1.46. The molecule has 2 atom stereocenters. The number of benzene rings is 4. The fourth-order valence-corrected chi connectivity index (χ4v) is 7.24. The number of carbonyl (C=O) groups is 3. The van der Waals surface area contributed by atoms with Gasteiger partial charge in [-0.1, -0.05) is 138 Å². The van der Waals surface area contributed by atoms with Gasteiger partial charge in [0.1, 0.15) is 12.1 Å². The molecule has 0 unspecified atom stereocenters. The number of nitrogens with one attached hydrogen (secondary N) is 2. The number of unbranched alkanes of at least 4 members (excludes halogenated alkanes) is 1. The number of carboxylic acid groups (broad SMARTS) is 1. The third-order valence-electron chi connectivity index (χ3n) is 10.1. The summed E-state index contributed by atoms with van der Waals surface area (Å²) >= 11 is 0. The van der Waals surface area contributed by atoms with Gasteiger partial charge in [0.05, 0.1) is 0 Å². The van der Waals surface area contributed by atoms with Crippen molar-refractivity contribution in [2.75, 3.05) is 0 Å². The van der Waals surface area contributed by atoms with E-state index in [2.05, 4.69) is 41.2 Å². The molecule has 6 rings (SSSR count). The van der Waals surface area contributed by atoms with Crippen LogP contribution in [0.2, 0.25) is 0 Å². The lowest BCUT2D eigenvalue weighted by molar-refractivity contribution is -0.159. The Morgan fingerprint density at radius 3 is 1.44 bits per heavy atom. The van der Waals surface area contributed by atoms with Crippen LogP contribution in [0, 0.1) is 11.8 Å². The predicted molar refractivity (Wildman–Crippen MR) is 216 cm³/mol. The summed E-state index contributed by atoms with van der Waals surface area (Å²) in [6, 6.07) is 29.0. The number of carboxylic acids is 1. The lowest BCUT2D eigenvalue weighted by Gasteiger charge is -2.40. The molecule has 0 fully saturated rings. The minimum atomic E-state index is -1.14. The minimum Gasteiger partial charge on any atom is -0.480 e. The van der Waals surface area contributed by atoms with Crippen LogP contribution in [-0.2, 0) is 27.5 Å². The molecule has 57 heavy (non-hydrogen) atoms. The molecule has 0 spiro atoms. The van der Waals surface area contributed by atoms with Gasteiger partial charge in [-0.15, -0.1) is 20.4 Å². The van der Waals surface area contributed by atoms with Gasteiger partial charge in [-0.2, -0.15) is 10.4 Å². The average Bonchev–Trinajstić information content (AvgIpc) is 3.96. The van der Waals surface area contributed by atoms with Gasteiger partial charge in [0.15, 0.2) is 0 Å². The van der Waals surface area contributed by atoms with Crippen molar-refractivity contribution in [3.05, 3.63) is 108 Å². The monoisotopic (exact) mass is 768 g/mol. The Labute approximate surface area is 331 Å². The molecule has 4 aromatic carbocycles. The molecule has 0 aliphatic rings. The maximum atomic E-state index is 15.0. The highest BCUT2D eigenvalue weighted by Gasteiger charge is 2.40. The molecule has 2 aromatic heterocycles. The van der Waals surface area contributed by atoms with Gasteiger partial charge in [-0.25, -0.2) is 4.79 Å². The molecule has 2 amide bonds. The average molecular weight is 769 g/mol. The van der Waals surface area contributed by atoms with Crippen LogP contribution in [0.15, 0.2) is 97.1 Å². The molecule has 0 saturated heterocycles. The van der Waals surface area contributed by atoms with E-state index in [0.29, 0.717) is 18.1 Å². The molecular weight excluding hydrogens is 721 g/mol.